The predicted molar refractivity (Wildman–Crippen MR) is 120 cm³/mol. The molecule has 2 N–H and O–H groups in total. The summed E-state index contributed by atoms with van der Waals surface area (Å²) in [4.78, 5) is 27.1. The number of rotatable bonds is 9. The zero-order chi connectivity index (χ0) is 22.1. The van der Waals surface area contributed by atoms with Crippen molar-refractivity contribution in [2.75, 3.05) is 33.9 Å². The van der Waals surface area contributed by atoms with Crippen LogP contribution in [0.2, 0.25) is 0 Å². The minimum absolute atomic E-state index is 0.0945. The molecule has 0 unspecified atom stereocenters. The minimum atomic E-state index is -0.499. The molecule has 2 amide bonds. The number of para-hydroxylation sites is 1. The first kappa shape index (κ1) is 22.4. The maximum atomic E-state index is 12.6. The number of hydrogen-bond donors (Lipinski definition) is 2. The third kappa shape index (κ3) is 6.08. The molecule has 1 fully saturated rings. The molecule has 0 aromatic heterocycles. The maximum absolute atomic E-state index is 12.6. The van der Waals surface area contributed by atoms with Gasteiger partial charge in [-0.1, -0.05) is 54.6 Å². The lowest BCUT2D eigenvalue weighted by atomic mass is 10.1. The molecule has 1 aliphatic heterocycles. The molecule has 1 atom stereocenters. The molecular formula is C24H29N3O4. The number of piperazine rings is 1. The van der Waals surface area contributed by atoms with Gasteiger partial charge in [-0.3, -0.25) is 14.5 Å². The van der Waals surface area contributed by atoms with Crippen molar-refractivity contribution in [3.05, 3.63) is 65.7 Å². The highest BCUT2D eigenvalue weighted by atomic mass is 16.5. The van der Waals surface area contributed by atoms with E-state index in [0.29, 0.717) is 37.7 Å². The van der Waals surface area contributed by atoms with Crippen LogP contribution in [0.5, 0.6) is 11.5 Å². The summed E-state index contributed by atoms with van der Waals surface area (Å²) in [5.41, 5.74) is 1.91. The average Bonchev–Trinajstić information content (AvgIpc) is 2.80. The number of carbonyl (C=O) groups excluding carboxylic acids is 2. The largest absolute Gasteiger partial charge is 0.493 e. The molecule has 164 valence electrons. The average molecular weight is 424 g/mol. The number of amides is 2. The Morgan fingerprint density at radius 3 is 2.71 bits per heavy atom. The third-order valence-electron chi connectivity index (χ3n) is 5.23. The highest BCUT2D eigenvalue weighted by Crippen LogP contribution is 2.30. The highest BCUT2D eigenvalue weighted by molar-refractivity contribution is 5.88. The molecule has 0 aliphatic carbocycles. The number of benzene rings is 2. The van der Waals surface area contributed by atoms with E-state index < -0.39 is 6.04 Å². The maximum Gasteiger partial charge on any atom is 0.237 e. The van der Waals surface area contributed by atoms with Crippen molar-refractivity contribution in [3.8, 4) is 11.5 Å². The van der Waals surface area contributed by atoms with Gasteiger partial charge in [0.2, 0.25) is 11.8 Å². The lowest BCUT2D eigenvalue weighted by Crippen LogP contribution is -2.56. The first-order chi connectivity index (χ1) is 15.1. The van der Waals surface area contributed by atoms with Gasteiger partial charge >= 0.3 is 0 Å². The second-order valence-electron chi connectivity index (χ2n) is 7.25. The smallest absolute Gasteiger partial charge is 0.237 e. The van der Waals surface area contributed by atoms with Gasteiger partial charge in [0.25, 0.3) is 0 Å². The van der Waals surface area contributed by atoms with Gasteiger partial charge < -0.3 is 20.1 Å². The van der Waals surface area contributed by atoms with Crippen molar-refractivity contribution in [2.24, 2.45) is 0 Å². The number of nitrogens with one attached hydrogen (secondary N) is 2. The van der Waals surface area contributed by atoms with Crippen molar-refractivity contribution >= 4 is 17.9 Å². The van der Waals surface area contributed by atoms with Gasteiger partial charge in [0.1, 0.15) is 0 Å². The van der Waals surface area contributed by atoms with Crippen LogP contribution in [0, 0.1) is 0 Å². The number of hydrogen-bond acceptors (Lipinski definition) is 5. The monoisotopic (exact) mass is 423 g/mol. The number of nitrogens with zero attached hydrogens (tertiary/aromatic N) is 1. The molecule has 1 aliphatic rings. The molecule has 1 saturated heterocycles. The number of methoxy groups -OCH3 is 2. The molecule has 7 heteroatoms. The van der Waals surface area contributed by atoms with E-state index in [9.17, 15) is 9.59 Å². The molecule has 0 spiro atoms. The zero-order valence-electron chi connectivity index (χ0n) is 18.0. The van der Waals surface area contributed by atoms with Gasteiger partial charge in [-0.25, -0.2) is 0 Å². The second-order valence-corrected chi connectivity index (χ2v) is 7.25. The van der Waals surface area contributed by atoms with Gasteiger partial charge in [0.15, 0.2) is 11.5 Å². The first-order valence-electron chi connectivity index (χ1n) is 10.3. The quantitative estimate of drug-likeness (QED) is 0.647. The fourth-order valence-corrected chi connectivity index (χ4v) is 3.63. The standard InChI is InChI=1S/C24H29N3O4/c1-30-21-12-6-11-19(23(21)31-2)17-26-22(28)16-20-24(29)25-13-15-27(20)14-7-10-18-8-4-3-5-9-18/h3-12,20H,13-17H2,1-2H3,(H,25,29)(H,26,28)/b10-7+/t20-/m0/s1. The normalized spacial score (nSPS) is 16.7. The molecule has 0 radical (unpaired) electrons. The molecule has 2 aromatic rings. The van der Waals surface area contributed by atoms with E-state index in [1.807, 2.05) is 59.5 Å². The van der Waals surface area contributed by atoms with Gasteiger partial charge in [-0.05, 0) is 11.6 Å². The molecular weight excluding hydrogens is 394 g/mol. The Balaban J connectivity index is 1.59. The van der Waals surface area contributed by atoms with Crippen molar-refractivity contribution in [3.63, 3.8) is 0 Å². The summed E-state index contributed by atoms with van der Waals surface area (Å²) in [7, 11) is 3.14. The summed E-state index contributed by atoms with van der Waals surface area (Å²) in [6.45, 7) is 2.18. The van der Waals surface area contributed by atoms with Gasteiger partial charge in [0, 0.05) is 31.7 Å². The fourth-order valence-electron chi connectivity index (χ4n) is 3.63. The van der Waals surface area contributed by atoms with E-state index in [1.165, 1.54) is 0 Å². The lowest BCUT2D eigenvalue weighted by molar-refractivity contribution is -0.133. The van der Waals surface area contributed by atoms with Crippen LogP contribution in [0.4, 0.5) is 0 Å². The van der Waals surface area contributed by atoms with E-state index in [2.05, 4.69) is 10.6 Å². The Morgan fingerprint density at radius 1 is 1.16 bits per heavy atom. The third-order valence-corrected chi connectivity index (χ3v) is 5.23. The summed E-state index contributed by atoms with van der Waals surface area (Å²) in [6.07, 6.45) is 4.15. The SMILES string of the molecule is COc1cccc(CNC(=O)C[C@H]2C(=O)NCCN2C/C=C/c2ccccc2)c1OC. The minimum Gasteiger partial charge on any atom is -0.493 e. The van der Waals surface area contributed by atoms with Gasteiger partial charge in [-0.2, -0.15) is 0 Å². The molecule has 0 saturated carbocycles. The lowest BCUT2D eigenvalue weighted by Gasteiger charge is -2.33. The Labute approximate surface area is 183 Å². The Hall–Kier alpha value is -3.32. The Bertz CT molecular complexity index is 914. The topological polar surface area (TPSA) is 79.9 Å². The number of carbonyl (C=O) groups is 2. The molecule has 0 bridgehead atoms. The van der Waals surface area contributed by atoms with E-state index >= 15 is 0 Å². The van der Waals surface area contributed by atoms with Crippen molar-refractivity contribution in [1.82, 2.24) is 15.5 Å². The molecule has 31 heavy (non-hydrogen) atoms. The van der Waals surface area contributed by atoms with Crippen LogP contribution in [0.15, 0.2) is 54.6 Å². The summed E-state index contributed by atoms with van der Waals surface area (Å²) in [6, 6.07) is 15.0. The summed E-state index contributed by atoms with van der Waals surface area (Å²) in [5.74, 6) is 0.892. The summed E-state index contributed by atoms with van der Waals surface area (Å²) >= 11 is 0. The fraction of sp³-hybridized carbons (Fsp3) is 0.333. The van der Waals surface area contributed by atoms with Crippen molar-refractivity contribution in [2.45, 2.75) is 19.0 Å². The summed E-state index contributed by atoms with van der Waals surface area (Å²) in [5, 5.41) is 5.76. The van der Waals surface area contributed by atoms with E-state index in [-0.39, 0.29) is 18.2 Å². The molecule has 3 rings (SSSR count). The van der Waals surface area contributed by atoms with Crippen LogP contribution >= 0.6 is 0 Å². The second kappa shape index (κ2) is 11.2. The van der Waals surface area contributed by atoms with Crippen LogP contribution < -0.4 is 20.1 Å². The molecule has 7 nitrogen and oxygen atoms in total. The van der Waals surface area contributed by atoms with Gasteiger partial charge in [-0.15, -0.1) is 0 Å². The van der Waals surface area contributed by atoms with E-state index in [1.54, 1.807) is 20.3 Å². The first-order valence-corrected chi connectivity index (χ1v) is 10.3. The Morgan fingerprint density at radius 2 is 1.97 bits per heavy atom. The van der Waals surface area contributed by atoms with Crippen molar-refractivity contribution < 1.29 is 19.1 Å². The van der Waals surface area contributed by atoms with Crippen LogP contribution in [0.3, 0.4) is 0 Å². The van der Waals surface area contributed by atoms with E-state index in [0.717, 1.165) is 11.1 Å². The molecule has 1 heterocycles. The van der Waals surface area contributed by atoms with Crippen LogP contribution in [0.25, 0.3) is 6.08 Å². The van der Waals surface area contributed by atoms with Crippen LogP contribution in [-0.2, 0) is 16.1 Å². The van der Waals surface area contributed by atoms with E-state index in [4.69, 9.17) is 9.47 Å². The van der Waals surface area contributed by atoms with Gasteiger partial charge in [0.05, 0.1) is 26.7 Å². The zero-order valence-corrected chi connectivity index (χ0v) is 18.0. The predicted octanol–water partition coefficient (Wildman–Crippen LogP) is 2.22. The summed E-state index contributed by atoms with van der Waals surface area (Å²) < 4.78 is 10.7. The highest BCUT2D eigenvalue weighted by Gasteiger charge is 2.30. The number of ether oxygens (including phenoxy) is 2. The van der Waals surface area contributed by atoms with Crippen LogP contribution in [0.1, 0.15) is 17.5 Å². The Kier molecular flexibility index (Phi) is 8.06. The molecule has 2 aromatic carbocycles. The van der Waals surface area contributed by atoms with Crippen LogP contribution in [-0.4, -0.2) is 56.6 Å². The van der Waals surface area contributed by atoms with Crippen molar-refractivity contribution in [1.29, 1.82) is 0 Å².